The molecule has 1 amide bonds. The maximum Gasteiger partial charge on any atom is 0.242 e. The van der Waals surface area contributed by atoms with E-state index in [4.69, 9.17) is 0 Å². The highest BCUT2D eigenvalue weighted by Crippen LogP contribution is 2.28. The van der Waals surface area contributed by atoms with Crippen LogP contribution in [0, 0.1) is 0 Å². The minimum atomic E-state index is 0.244. The molecular weight excluding hydrogens is 360 g/mol. The molecule has 2 aliphatic heterocycles. The fraction of sp³-hybridized carbons (Fsp3) is 0.458. The van der Waals surface area contributed by atoms with E-state index in [1.165, 1.54) is 16.8 Å². The van der Waals surface area contributed by atoms with Gasteiger partial charge in [0.05, 0.1) is 17.9 Å². The first-order chi connectivity index (χ1) is 14.1. The summed E-state index contributed by atoms with van der Waals surface area (Å²) in [5, 5.41) is 0. The smallest absolute Gasteiger partial charge is 0.242 e. The molecule has 2 aromatic rings. The van der Waals surface area contributed by atoms with Gasteiger partial charge in [0.2, 0.25) is 5.91 Å². The van der Waals surface area contributed by atoms with Crippen molar-refractivity contribution in [3.63, 3.8) is 0 Å². The van der Waals surface area contributed by atoms with Gasteiger partial charge in [0.25, 0.3) is 0 Å². The molecule has 0 unspecified atom stereocenters. The van der Waals surface area contributed by atoms with Crippen LogP contribution in [0.5, 0.6) is 0 Å². The Hall–Kier alpha value is -2.53. The minimum Gasteiger partial charge on any atom is -0.376 e. The van der Waals surface area contributed by atoms with E-state index in [9.17, 15) is 4.79 Å². The highest BCUT2D eigenvalue weighted by molar-refractivity contribution is 5.85. The third-order valence-corrected chi connectivity index (χ3v) is 6.13. The van der Waals surface area contributed by atoms with Crippen LogP contribution in [0.2, 0.25) is 0 Å². The number of hydrogen-bond donors (Lipinski definition) is 0. The predicted molar refractivity (Wildman–Crippen MR) is 120 cm³/mol. The molecule has 2 aliphatic rings. The van der Waals surface area contributed by atoms with Crippen LogP contribution >= 0.6 is 0 Å². The molecule has 0 bridgehead atoms. The van der Waals surface area contributed by atoms with Gasteiger partial charge in [-0.3, -0.25) is 9.69 Å². The zero-order valence-corrected chi connectivity index (χ0v) is 17.7. The van der Waals surface area contributed by atoms with E-state index >= 15 is 0 Å². The molecule has 29 heavy (non-hydrogen) atoms. The van der Waals surface area contributed by atoms with Gasteiger partial charge in [-0.15, -0.1) is 0 Å². The van der Waals surface area contributed by atoms with Crippen LogP contribution in [-0.2, 0) is 17.8 Å². The fourth-order valence-electron chi connectivity index (χ4n) is 4.49. The van der Waals surface area contributed by atoms with E-state index in [1.807, 2.05) is 4.90 Å². The molecule has 0 spiro atoms. The quantitative estimate of drug-likeness (QED) is 0.756. The molecule has 1 saturated heterocycles. The Labute approximate surface area is 174 Å². The lowest BCUT2D eigenvalue weighted by atomic mass is 10.00. The predicted octanol–water partition coefficient (Wildman–Crippen LogP) is 2.85. The molecule has 2 aromatic carbocycles. The number of hydrogen-bond acceptors (Lipinski definition) is 4. The molecule has 0 aromatic heterocycles. The third kappa shape index (κ3) is 4.56. The first kappa shape index (κ1) is 19.8. The highest BCUT2D eigenvalue weighted by atomic mass is 16.2. The molecule has 5 nitrogen and oxygen atoms in total. The lowest BCUT2D eigenvalue weighted by Gasteiger charge is -2.37. The molecule has 0 N–H and O–H groups in total. The van der Waals surface area contributed by atoms with Gasteiger partial charge in [-0.25, -0.2) is 0 Å². The van der Waals surface area contributed by atoms with Gasteiger partial charge in [0.15, 0.2) is 0 Å². The zero-order chi connectivity index (χ0) is 20.2. The van der Waals surface area contributed by atoms with Crippen LogP contribution in [-0.4, -0.2) is 69.1 Å². The standard InChI is InChI=1S/C24H32N4O/c1-25(2)22-10-5-6-11-23(22)28-17-16-27(24(29)19-28)14-7-13-26-15-12-20-8-3-4-9-21(20)18-26/h3-6,8-11H,7,12-19H2,1-2H3. The Morgan fingerprint density at radius 2 is 1.62 bits per heavy atom. The summed E-state index contributed by atoms with van der Waals surface area (Å²) in [5.74, 6) is 0.244. The molecule has 1 fully saturated rings. The van der Waals surface area contributed by atoms with Gasteiger partial charge in [0, 0.05) is 53.4 Å². The summed E-state index contributed by atoms with van der Waals surface area (Å²) in [7, 11) is 4.10. The highest BCUT2D eigenvalue weighted by Gasteiger charge is 2.25. The molecule has 4 rings (SSSR count). The van der Waals surface area contributed by atoms with Gasteiger partial charge in [-0.1, -0.05) is 36.4 Å². The second kappa shape index (κ2) is 8.87. The Balaban J connectivity index is 1.27. The van der Waals surface area contributed by atoms with E-state index in [-0.39, 0.29) is 5.91 Å². The van der Waals surface area contributed by atoms with Crippen molar-refractivity contribution >= 4 is 17.3 Å². The number of rotatable bonds is 6. The zero-order valence-electron chi connectivity index (χ0n) is 17.7. The van der Waals surface area contributed by atoms with Crippen LogP contribution in [0.15, 0.2) is 48.5 Å². The van der Waals surface area contributed by atoms with Crippen molar-refractivity contribution in [3.8, 4) is 0 Å². The maximum absolute atomic E-state index is 12.8. The number of carbonyl (C=O) groups excluding carboxylic acids is 1. The number of anilines is 2. The average molecular weight is 393 g/mol. The van der Waals surface area contributed by atoms with E-state index in [2.05, 4.69) is 77.3 Å². The van der Waals surface area contributed by atoms with E-state index in [0.29, 0.717) is 6.54 Å². The lowest BCUT2D eigenvalue weighted by Crippen LogP contribution is -2.51. The molecule has 0 radical (unpaired) electrons. The second-order valence-corrected chi connectivity index (χ2v) is 8.33. The number of amides is 1. The van der Waals surface area contributed by atoms with Gasteiger partial charge in [0.1, 0.15) is 0 Å². The Bertz CT molecular complexity index is 850. The van der Waals surface area contributed by atoms with E-state index in [0.717, 1.165) is 57.8 Å². The number of benzene rings is 2. The summed E-state index contributed by atoms with van der Waals surface area (Å²) < 4.78 is 0. The monoisotopic (exact) mass is 392 g/mol. The summed E-state index contributed by atoms with van der Waals surface area (Å²) >= 11 is 0. The molecule has 2 heterocycles. The van der Waals surface area contributed by atoms with Crippen molar-refractivity contribution in [3.05, 3.63) is 59.7 Å². The second-order valence-electron chi connectivity index (χ2n) is 8.33. The minimum absolute atomic E-state index is 0.244. The summed E-state index contributed by atoms with van der Waals surface area (Å²) in [6, 6.07) is 17.1. The third-order valence-electron chi connectivity index (χ3n) is 6.13. The largest absolute Gasteiger partial charge is 0.376 e. The summed E-state index contributed by atoms with van der Waals surface area (Å²) in [6.45, 7) is 6.27. The van der Waals surface area contributed by atoms with Gasteiger partial charge < -0.3 is 14.7 Å². The molecule has 0 atom stereocenters. The van der Waals surface area contributed by atoms with Crippen LogP contribution < -0.4 is 9.80 Å². The van der Waals surface area contributed by atoms with Crippen molar-refractivity contribution in [2.45, 2.75) is 19.4 Å². The molecular formula is C24H32N4O. The van der Waals surface area contributed by atoms with Crippen LogP contribution in [0.3, 0.4) is 0 Å². The van der Waals surface area contributed by atoms with Crippen molar-refractivity contribution in [2.75, 3.05) is 63.2 Å². The Kier molecular flexibility index (Phi) is 6.05. The summed E-state index contributed by atoms with van der Waals surface area (Å²) in [5.41, 5.74) is 5.27. The number of fused-ring (bicyclic) bond motifs is 1. The topological polar surface area (TPSA) is 30.0 Å². The summed E-state index contributed by atoms with van der Waals surface area (Å²) in [4.78, 5) is 21.7. The van der Waals surface area contributed by atoms with E-state index < -0.39 is 0 Å². The molecule has 0 saturated carbocycles. The van der Waals surface area contributed by atoms with Crippen molar-refractivity contribution in [1.29, 1.82) is 0 Å². The average Bonchev–Trinajstić information content (AvgIpc) is 2.74. The fourth-order valence-corrected chi connectivity index (χ4v) is 4.49. The van der Waals surface area contributed by atoms with Gasteiger partial charge >= 0.3 is 0 Å². The molecule has 5 heteroatoms. The van der Waals surface area contributed by atoms with Crippen molar-refractivity contribution < 1.29 is 4.79 Å². The number of para-hydroxylation sites is 2. The number of carbonyl (C=O) groups is 1. The van der Waals surface area contributed by atoms with Crippen molar-refractivity contribution in [1.82, 2.24) is 9.80 Å². The van der Waals surface area contributed by atoms with Crippen LogP contribution in [0.1, 0.15) is 17.5 Å². The lowest BCUT2D eigenvalue weighted by molar-refractivity contribution is -0.131. The Morgan fingerprint density at radius 3 is 2.41 bits per heavy atom. The van der Waals surface area contributed by atoms with Gasteiger partial charge in [-0.2, -0.15) is 0 Å². The van der Waals surface area contributed by atoms with E-state index in [1.54, 1.807) is 0 Å². The Morgan fingerprint density at radius 1 is 0.862 bits per heavy atom. The van der Waals surface area contributed by atoms with Crippen LogP contribution in [0.25, 0.3) is 0 Å². The first-order valence-corrected chi connectivity index (χ1v) is 10.7. The van der Waals surface area contributed by atoms with Gasteiger partial charge in [-0.05, 0) is 36.1 Å². The number of nitrogens with zero attached hydrogens (tertiary/aromatic N) is 4. The normalized spacial score (nSPS) is 17.4. The molecule has 154 valence electrons. The molecule has 0 aliphatic carbocycles. The maximum atomic E-state index is 12.8. The summed E-state index contributed by atoms with van der Waals surface area (Å²) in [6.07, 6.45) is 2.18. The van der Waals surface area contributed by atoms with Crippen molar-refractivity contribution in [2.24, 2.45) is 0 Å². The van der Waals surface area contributed by atoms with Crippen LogP contribution in [0.4, 0.5) is 11.4 Å². The first-order valence-electron chi connectivity index (χ1n) is 10.7. The number of piperazine rings is 1. The SMILES string of the molecule is CN(C)c1ccccc1N1CCN(CCCN2CCc3ccccc3C2)C(=O)C1.